The van der Waals surface area contributed by atoms with Gasteiger partial charge in [-0.2, -0.15) is 5.26 Å². The van der Waals surface area contributed by atoms with E-state index in [9.17, 15) is 10.1 Å². The van der Waals surface area contributed by atoms with Gasteiger partial charge in [0.15, 0.2) is 0 Å². The van der Waals surface area contributed by atoms with Crippen molar-refractivity contribution in [2.24, 2.45) is 5.92 Å². The molecule has 4 nitrogen and oxygen atoms in total. The van der Waals surface area contributed by atoms with Crippen LogP contribution in [0.2, 0.25) is 0 Å². The Labute approximate surface area is 161 Å². The maximum Gasteiger partial charge on any atom is 0.310 e. The van der Waals surface area contributed by atoms with Crippen LogP contribution in [0.3, 0.4) is 0 Å². The lowest BCUT2D eigenvalue weighted by molar-refractivity contribution is -0.150. The molecular weight excluding hydrogens is 336 g/mol. The molecule has 2 aromatic rings. The second-order valence-corrected chi connectivity index (χ2v) is 6.98. The number of nitriles is 1. The van der Waals surface area contributed by atoms with Gasteiger partial charge in [0, 0.05) is 12.6 Å². The highest BCUT2D eigenvalue weighted by molar-refractivity contribution is 5.73. The van der Waals surface area contributed by atoms with Crippen molar-refractivity contribution in [3.8, 4) is 17.2 Å². The Bertz CT molecular complexity index is 808. The van der Waals surface area contributed by atoms with Gasteiger partial charge in [-0.3, -0.25) is 4.79 Å². The number of nitrogens with one attached hydrogen (secondary N) is 1. The van der Waals surface area contributed by atoms with Crippen LogP contribution in [0.5, 0.6) is 0 Å². The molecule has 1 aliphatic carbocycles. The number of carbonyl (C=O) groups is 1. The molecule has 1 N–H and O–H groups in total. The Morgan fingerprint density at radius 3 is 2.63 bits per heavy atom. The van der Waals surface area contributed by atoms with Gasteiger partial charge >= 0.3 is 5.97 Å². The van der Waals surface area contributed by atoms with Crippen LogP contribution in [0.1, 0.15) is 43.7 Å². The highest BCUT2D eigenvalue weighted by atomic mass is 16.5. The molecule has 2 atom stereocenters. The predicted molar refractivity (Wildman–Crippen MR) is 106 cm³/mol. The molecule has 3 rings (SSSR count). The minimum Gasteiger partial charge on any atom is -0.466 e. The SMILES string of the molecule is CCOC(=O)C1CCCCC1NCc1ccc(-c2ccccc2C#N)cc1. The average molecular weight is 362 g/mol. The van der Waals surface area contributed by atoms with Gasteiger partial charge in [0.05, 0.1) is 24.2 Å². The van der Waals surface area contributed by atoms with Gasteiger partial charge in [0.1, 0.15) is 0 Å². The van der Waals surface area contributed by atoms with Crippen LogP contribution in [0.4, 0.5) is 0 Å². The molecule has 0 aromatic heterocycles. The van der Waals surface area contributed by atoms with Crippen LogP contribution in [0, 0.1) is 17.2 Å². The fourth-order valence-corrected chi connectivity index (χ4v) is 3.79. The van der Waals surface area contributed by atoms with E-state index in [0.717, 1.165) is 43.4 Å². The standard InChI is InChI=1S/C23H26N2O2/c1-2-27-23(26)21-9-5-6-10-22(21)25-16-17-11-13-18(14-12-17)20-8-4-3-7-19(20)15-24/h3-4,7-8,11-14,21-22,25H,2,5-6,9-10,16H2,1H3. The van der Waals surface area contributed by atoms with Crippen molar-refractivity contribution in [1.82, 2.24) is 5.32 Å². The zero-order valence-corrected chi connectivity index (χ0v) is 15.8. The van der Waals surface area contributed by atoms with Gasteiger partial charge in [0.25, 0.3) is 0 Å². The Morgan fingerprint density at radius 1 is 1.15 bits per heavy atom. The minimum atomic E-state index is -0.0711. The van der Waals surface area contributed by atoms with E-state index < -0.39 is 0 Å². The van der Waals surface area contributed by atoms with Crippen LogP contribution in [-0.4, -0.2) is 18.6 Å². The Kier molecular flexibility index (Phi) is 6.62. The Balaban J connectivity index is 1.64. The Morgan fingerprint density at radius 2 is 1.89 bits per heavy atom. The summed E-state index contributed by atoms with van der Waals surface area (Å²) >= 11 is 0. The molecule has 1 fully saturated rings. The molecule has 0 radical (unpaired) electrons. The summed E-state index contributed by atoms with van der Waals surface area (Å²) in [5, 5.41) is 12.8. The maximum atomic E-state index is 12.2. The predicted octanol–water partition coefficient (Wildman–Crippen LogP) is 4.44. The molecular formula is C23H26N2O2. The lowest BCUT2D eigenvalue weighted by Gasteiger charge is -2.30. The minimum absolute atomic E-state index is 0.0412. The summed E-state index contributed by atoms with van der Waals surface area (Å²) in [4.78, 5) is 12.2. The molecule has 2 unspecified atom stereocenters. The smallest absolute Gasteiger partial charge is 0.310 e. The molecule has 4 heteroatoms. The number of esters is 1. The maximum absolute atomic E-state index is 12.2. The van der Waals surface area contributed by atoms with Crippen LogP contribution < -0.4 is 5.32 Å². The molecule has 1 saturated carbocycles. The van der Waals surface area contributed by atoms with Crippen LogP contribution in [-0.2, 0) is 16.1 Å². The number of ether oxygens (including phenoxy) is 1. The van der Waals surface area contributed by atoms with Crippen molar-refractivity contribution >= 4 is 5.97 Å². The number of hydrogen-bond donors (Lipinski definition) is 1. The second kappa shape index (κ2) is 9.34. The van der Waals surface area contributed by atoms with E-state index in [1.165, 1.54) is 5.56 Å². The summed E-state index contributed by atoms with van der Waals surface area (Å²) in [6.07, 6.45) is 4.16. The van der Waals surface area contributed by atoms with Crippen LogP contribution in [0.25, 0.3) is 11.1 Å². The third-order valence-corrected chi connectivity index (χ3v) is 5.24. The molecule has 1 aliphatic rings. The van der Waals surface area contributed by atoms with Gasteiger partial charge in [-0.25, -0.2) is 0 Å². The van der Waals surface area contributed by atoms with E-state index in [1.807, 2.05) is 31.2 Å². The lowest BCUT2D eigenvalue weighted by Crippen LogP contribution is -2.42. The molecule has 27 heavy (non-hydrogen) atoms. The van der Waals surface area contributed by atoms with Crippen molar-refractivity contribution < 1.29 is 9.53 Å². The Hall–Kier alpha value is -2.64. The summed E-state index contributed by atoms with van der Waals surface area (Å²) in [5.41, 5.74) is 3.84. The van der Waals surface area contributed by atoms with Crippen LogP contribution in [0.15, 0.2) is 48.5 Å². The van der Waals surface area contributed by atoms with Crippen molar-refractivity contribution in [3.63, 3.8) is 0 Å². The van der Waals surface area contributed by atoms with Gasteiger partial charge in [0.2, 0.25) is 0 Å². The number of carbonyl (C=O) groups excluding carboxylic acids is 1. The number of benzene rings is 2. The largest absolute Gasteiger partial charge is 0.466 e. The summed E-state index contributed by atoms with van der Waals surface area (Å²) < 4.78 is 5.24. The monoisotopic (exact) mass is 362 g/mol. The van der Waals surface area contributed by atoms with E-state index in [2.05, 4.69) is 35.7 Å². The van der Waals surface area contributed by atoms with Gasteiger partial charge in [-0.05, 0) is 42.5 Å². The highest BCUT2D eigenvalue weighted by Crippen LogP contribution is 2.27. The zero-order chi connectivity index (χ0) is 19.1. The summed E-state index contributed by atoms with van der Waals surface area (Å²) in [7, 11) is 0. The molecule has 0 bridgehead atoms. The lowest BCUT2D eigenvalue weighted by atomic mass is 9.84. The molecule has 2 aromatic carbocycles. The summed E-state index contributed by atoms with van der Waals surface area (Å²) in [5.74, 6) is -0.112. The van der Waals surface area contributed by atoms with Gasteiger partial charge in [-0.15, -0.1) is 0 Å². The molecule has 0 amide bonds. The highest BCUT2D eigenvalue weighted by Gasteiger charge is 2.31. The second-order valence-electron chi connectivity index (χ2n) is 6.98. The van der Waals surface area contributed by atoms with E-state index >= 15 is 0 Å². The first-order valence-electron chi connectivity index (χ1n) is 9.71. The van der Waals surface area contributed by atoms with Crippen molar-refractivity contribution in [1.29, 1.82) is 5.26 Å². The molecule has 0 saturated heterocycles. The third-order valence-electron chi connectivity index (χ3n) is 5.24. The van der Waals surface area contributed by atoms with Crippen LogP contribution >= 0.6 is 0 Å². The summed E-state index contributed by atoms with van der Waals surface area (Å²) in [6.45, 7) is 3.02. The fourth-order valence-electron chi connectivity index (χ4n) is 3.79. The molecule has 0 heterocycles. The quantitative estimate of drug-likeness (QED) is 0.772. The fraction of sp³-hybridized carbons (Fsp3) is 0.391. The average Bonchev–Trinajstić information content (AvgIpc) is 2.73. The molecule has 0 spiro atoms. The van der Waals surface area contributed by atoms with E-state index in [1.54, 1.807) is 0 Å². The summed E-state index contributed by atoms with van der Waals surface area (Å²) in [6, 6.07) is 18.3. The number of nitrogens with zero attached hydrogens (tertiary/aromatic N) is 1. The van der Waals surface area contributed by atoms with Crippen molar-refractivity contribution in [2.45, 2.75) is 45.2 Å². The topological polar surface area (TPSA) is 62.1 Å². The normalized spacial score (nSPS) is 19.3. The first-order chi connectivity index (χ1) is 13.2. The number of hydrogen-bond acceptors (Lipinski definition) is 4. The van der Waals surface area contributed by atoms with Gasteiger partial charge in [-0.1, -0.05) is 55.3 Å². The first-order valence-corrected chi connectivity index (χ1v) is 9.71. The van der Waals surface area contributed by atoms with E-state index in [-0.39, 0.29) is 17.9 Å². The van der Waals surface area contributed by atoms with E-state index in [0.29, 0.717) is 12.2 Å². The van der Waals surface area contributed by atoms with Crippen molar-refractivity contribution in [3.05, 3.63) is 59.7 Å². The molecule has 140 valence electrons. The number of rotatable bonds is 6. The van der Waals surface area contributed by atoms with Gasteiger partial charge < -0.3 is 10.1 Å². The zero-order valence-electron chi connectivity index (χ0n) is 15.8. The molecule has 0 aliphatic heterocycles. The first kappa shape index (κ1) is 19.1. The third kappa shape index (κ3) is 4.75. The van der Waals surface area contributed by atoms with E-state index in [4.69, 9.17) is 4.74 Å². The van der Waals surface area contributed by atoms with Crippen molar-refractivity contribution in [2.75, 3.05) is 6.61 Å².